The molecule has 1 aliphatic heterocycles. The largest absolute Gasteiger partial charge is 0.381 e. The Morgan fingerprint density at radius 2 is 2.10 bits per heavy atom. The van der Waals surface area contributed by atoms with Crippen LogP contribution in [0.25, 0.3) is 11.0 Å². The van der Waals surface area contributed by atoms with Gasteiger partial charge in [-0.25, -0.2) is 4.98 Å². The molecule has 0 aliphatic carbocycles. The first-order valence-electron chi connectivity index (χ1n) is 6.91. The van der Waals surface area contributed by atoms with Gasteiger partial charge in [-0.2, -0.15) is 0 Å². The third-order valence-corrected chi connectivity index (χ3v) is 3.88. The molecule has 2 unspecified atom stereocenters. The summed E-state index contributed by atoms with van der Waals surface area (Å²) >= 11 is 0. The molecular formula is C14H19N5O. The van der Waals surface area contributed by atoms with Gasteiger partial charge in [0.1, 0.15) is 5.52 Å². The molecule has 0 radical (unpaired) electrons. The van der Waals surface area contributed by atoms with Crippen molar-refractivity contribution in [3.63, 3.8) is 0 Å². The van der Waals surface area contributed by atoms with E-state index in [9.17, 15) is 0 Å². The van der Waals surface area contributed by atoms with Crippen LogP contribution in [0, 0.1) is 0 Å². The van der Waals surface area contributed by atoms with Crippen LogP contribution in [0.5, 0.6) is 0 Å². The average Bonchev–Trinajstić information content (AvgIpc) is 2.53. The Bertz CT molecular complexity index is 591. The van der Waals surface area contributed by atoms with Gasteiger partial charge >= 0.3 is 0 Å². The Morgan fingerprint density at radius 3 is 2.85 bits per heavy atom. The zero-order valence-electron chi connectivity index (χ0n) is 11.6. The first-order valence-corrected chi connectivity index (χ1v) is 6.91. The predicted molar refractivity (Wildman–Crippen MR) is 77.6 cm³/mol. The zero-order valence-corrected chi connectivity index (χ0v) is 11.6. The molecule has 0 bridgehead atoms. The normalized spacial score (nSPS) is 23.2. The van der Waals surface area contributed by atoms with Gasteiger partial charge in [0.2, 0.25) is 5.95 Å². The van der Waals surface area contributed by atoms with Gasteiger partial charge in [0.15, 0.2) is 0 Å². The standard InChI is InChI=1S/C14H19N5O/c1-20-11-6-7-19(10(8-11)9-15)14-16-12-4-2-3-5-13(12)17-18-14/h2-5,10-11H,6-9,15H2,1H3. The lowest BCUT2D eigenvalue weighted by atomic mass is 10.00. The van der Waals surface area contributed by atoms with Crippen molar-refractivity contribution in [2.75, 3.05) is 25.1 Å². The second kappa shape index (κ2) is 5.68. The van der Waals surface area contributed by atoms with E-state index in [1.54, 1.807) is 7.11 Å². The van der Waals surface area contributed by atoms with Crippen molar-refractivity contribution in [3.8, 4) is 0 Å². The SMILES string of the molecule is COC1CCN(c2nnc3ccccc3n2)C(CN)C1. The molecule has 2 heterocycles. The number of benzene rings is 1. The highest BCUT2D eigenvalue weighted by atomic mass is 16.5. The molecule has 1 aliphatic rings. The molecule has 106 valence electrons. The number of piperidine rings is 1. The minimum absolute atomic E-state index is 0.205. The van der Waals surface area contributed by atoms with Gasteiger partial charge in [0.25, 0.3) is 0 Å². The number of aromatic nitrogens is 3. The van der Waals surface area contributed by atoms with E-state index in [0.29, 0.717) is 12.5 Å². The monoisotopic (exact) mass is 273 g/mol. The van der Waals surface area contributed by atoms with Crippen LogP contribution in [0.15, 0.2) is 24.3 Å². The summed E-state index contributed by atoms with van der Waals surface area (Å²) < 4.78 is 5.44. The molecule has 0 amide bonds. The maximum absolute atomic E-state index is 5.89. The highest BCUT2D eigenvalue weighted by Gasteiger charge is 2.29. The number of fused-ring (bicyclic) bond motifs is 1. The summed E-state index contributed by atoms with van der Waals surface area (Å²) in [6, 6.07) is 7.96. The summed E-state index contributed by atoms with van der Waals surface area (Å²) in [4.78, 5) is 6.75. The summed E-state index contributed by atoms with van der Waals surface area (Å²) in [5.74, 6) is 0.661. The topological polar surface area (TPSA) is 77.2 Å². The summed E-state index contributed by atoms with van der Waals surface area (Å²) in [6.07, 6.45) is 2.14. The number of hydrogen-bond acceptors (Lipinski definition) is 6. The number of ether oxygens (including phenoxy) is 1. The van der Waals surface area contributed by atoms with Crippen molar-refractivity contribution in [2.45, 2.75) is 25.0 Å². The molecule has 0 spiro atoms. The summed E-state index contributed by atoms with van der Waals surface area (Å²) in [5.41, 5.74) is 7.56. The van der Waals surface area contributed by atoms with Crippen LogP contribution >= 0.6 is 0 Å². The number of anilines is 1. The quantitative estimate of drug-likeness (QED) is 0.898. The minimum Gasteiger partial charge on any atom is -0.381 e. The van der Waals surface area contributed by atoms with Crippen LogP contribution in [0.2, 0.25) is 0 Å². The average molecular weight is 273 g/mol. The molecule has 1 saturated heterocycles. The number of para-hydroxylation sites is 1. The van der Waals surface area contributed by atoms with Crippen molar-refractivity contribution in [2.24, 2.45) is 5.73 Å². The van der Waals surface area contributed by atoms with Crippen molar-refractivity contribution in [1.29, 1.82) is 0 Å². The van der Waals surface area contributed by atoms with Gasteiger partial charge in [0, 0.05) is 26.2 Å². The lowest BCUT2D eigenvalue weighted by Crippen LogP contribution is -2.49. The number of hydrogen-bond donors (Lipinski definition) is 1. The molecule has 20 heavy (non-hydrogen) atoms. The van der Waals surface area contributed by atoms with Crippen molar-refractivity contribution in [3.05, 3.63) is 24.3 Å². The van der Waals surface area contributed by atoms with Gasteiger partial charge in [-0.1, -0.05) is 12.1 Å². The lowest BCUT2D eigenvalue weighted by molar-refractivity contribution is 0.0706. The maximum atomic E-state index is 5.89. The van der Waals surface area contributed by atoms with Crippen LogP contribution in [0.1, 0.15) is 12.8 Å². The fraction of sp³-hybridized carbons (Fsp3) is 0.500. The van der Waals surface area contributed by atoms with Gasteiger partial charge < -0.3 is 15.4 Å². The maximum Gasteiger partial charge on any atom is 0.246 e. The van der Waals surface area contributed by atoms with Crippen LogP contribution in [-0.2, 0) is 4.74 Å². The van der Waals surface area contributed by atoms with Crippen molar-refractivity contribution in [1.82, 2.24) is 15.2 Å². The van der Waals surface area contributed by atoms with Gasteiger partial charge in [0.05, 0.1) is 11.6 Å². The molecule has 0 saturated carbocycles. The van der Waals surface area contributed by atoms with Gasteiger partial charge in [-0.15, -0.1) is 10.2 Å². The molecule has 2 atom stereocenters. The summed E-state index contributed by atoms with van der Waals surface area (Å²) in [6.45, 7) is 1.41. The molecule has 2 aromatic rings. The highest BCUT2D eigenvalue weighted by molar-refractivity contribution is 5.74. The second-order valence-corrected chi connectivity index (χ2v) is 5.07. The highest BCUT2D eigenvalue weighted by Crippen LogP contribution is 2.23. The Balaban J connectivity index is 1.89. The van der Waals surface area contributed by atoms with Crippen LogP contribution in [-0.4, -0.2) is 47.5 Å². The summed E-state index contributed by atoms with van der Waals surface area (Å²) in [7, 11) is 1.75. The number of nitrogens with two attached hydrogens (primary N) is 1. The van der Waals surface area contributed by atoms with Crippen LogP contribution in [0.4, 0.5) is 5.95 Å². The molecule has 1 aromatic carbocycles. The van der Waals surface area contributed by atoms with Gasteiger partial charge in [-0.3, -0.25) is 0 Å². The first-order chi connectivity index (χ1) is 9.81. The zero-order chi connectivity index (χ0) is 13.9. The number of methoxy groups -OCH3 is 1. The molecule has 1 fully saturated rings. The van der Waals surface area contributed by atoms with E-state index < -0.39 is 0 Å². The third-order valence-electron chi connectivity index (χ3n) is 3.88. The third kappa shape index (κ3) is 2.44. The van der Waals surface area contributed by atoms with E-state index in [-0.39, 0.29) is 12.1 Å². The fourth-order valence-electron chi connectivity index (χ4n) is 2.71. The smallest absolute Gasteiger partial charge is 0.246 e. The molecular weight excluding hydrogens is 254 g/mol. The Hall–Kier alpha value is -1.79. The molecule has 3 rings (SSSR count). The Labute approximate surface area is 118 Å². The van der Waals surface area contributed by atoms with E-state index in [1.807, 2.05) is 24.3 Å². The second-order valence-electron chi connectivity index (χ2n) is 5.07. The van der Waals surface area contributed by atoms with Crippen molar-refractivity contribution >= 4 is 17.0 Å². The van der Waals surface area contributed by atoms with E-state index in [2.05, 4.69) is 20.1 Å². The number of rotatable bonds is 3. The van der Waals surface area contributed by atoms with E-state index >= 15 is 0 Å². The van der Waals surface area contributed by atoms with Gasteiger partial charge in [-0.05, 0) is 25.0 Å². The minimum atomic E-state index is 0.205. The Kier molecular flexibility index (Phi) is 3.75. The Morgan fingerprint density at radius 1 is 1.30 bits per heavy atom. The molecule has 1 aromatic heterocycles. The number of nitrogens with zero attached hydrogens (tertiary/aromatic N) is 4. The van der Waals surface area contributed by atoms with Crippen LogP contribution < -0.4 is 10.6 Å². The van der Waals surface area contributed by atoms with Crippen LogP contribution in [0.3, 0.4) is 0 Å². The first kappa shape index (κ1) is 13.2. The molecule has 6 heteroatoms. The van der Waals surface area contributed by atoms with E-state index in [0.717, 1.165) is 30.4 Å². The fourth-order valence-corrected chi connectivity index (χ4v) is 2.71. The van der Waals surface area contributed by atoms with E-state index in [4.69, 9.17) is 10.5 Å². The van der Waals surface area contributed by atoms with E-state index in [1.165, 1.54) is 0 Å². The lowest BCUT2D eigenvalue weighted by Gasteiger charge is -2.38. The molecule has 2 N–H and O–H groups in total. The summed E-state index contributed by atoms with van der Waals surface area (Å²) in [5, 5.41) is 8.49. The van der Waals surface area contributed by atoms with Crippen molar-refractivity contribution < 1.29 is 4.74 Å². The molecule has 6 nitrogen and oxygen atoms in total. The predicted octanol–water partition coefficient (Wildman–Crippen LogP) is 0.967.